The van der Waals surface area contributed by atoms with Crippen molar-refractivity contribution in [1.29, 1.82) is 0 Å². The molecule has 21 heavy (non-hydrogen) atoms. The Morgan fingerprint density at radius 2 is 2.05 bits per heavy atom. The van der Waals surface area contributed by atoms with Crippen molar-refractivity contribution in [3.63, 3.8) is 0 Å². The van der Waals surface area contributed by atoms with Crippen molar-refractivity contribution in [2.45, 2.75) is 32.6 Å². The van der Waals surface area contributed by atoms with E-state index < -0.39 is 5.97 Å². The summed E-state index contributed by atoms with van der Waals surface area (Å²) in [5, 5.41) is 12.4. The number of rotatable bonds is 4. The summed E-state index contributed by atoms with van der Waals surface area (Å²) in [6, 6.07) is 9.52. The first-order chi connectivity index (χ1) is 10.2. The van der Waals surface area contributed by atoms with Gasteiger partial charge in [-0.2, -0.15) is 0 Å². The Morgan fingerprint density at radius 1 is 1.24 bits per heavy atom. The first kappa shape index (κ1) is 13.6. The predicted octanol–water partition coefficient (Wildman–Crippen LogP) is 3.57. The van der Waals surface area contributed by atoms with Crippen LogP contribution in [0.25, 0.3) is 0 Å². The number of hydrogen-bond acceptors (Lipinski definition) is 3. The van der Waals surface area contributed by atoms with Gasteiger partial charge in [-0.05, 0) is 61.1 Å². The summed E-state index contributed by atoms with van der Waals surface area (Å²) in [5.41, 5.74) is 4.81. The van der Waals surface area contributed by atoms with E-state index in [-0.39, 0.29) is 5.56 Å². The van der Waals surface area contributed by atoms with Gasteiger partial charge in [0.15, 0.2) is 0 Å². The first-order valence-electron chi connectivity index (χ1n) is 7.29. The maximum Gasteiger partial charge on any atom is 0.335 e. The van der Waals surface area contributed by atoms with Gasteiger partial charge in [-0.3, -0.25) is 0 Å². The molecule has 4 heteroatoms. The second kappa shape index (κ2) is 5.56. The highest BCUT2D eigenvalue weighted by atomic mass is 16.4. The fourth-order valence-electron chi connectivity index (χ4n) is 2.75. The van der Waals surface area contributed by atoms with Crippen LogP contribution >= 0.6 is 0 Å². The van der Waals surface area contributed by atoms with Gasteiger partial charge in [0.1, 0.15) is 5.82 Å². The van der Waals surface area contributed by atoms with Gasteiger partial charge >= 0.3 is 5.97 Å². The lowest BCUT2D eigenvalue weighted by Crippen LogP contribution is -2.03. The molecule has 0 amide bonds. The number of carboxylic acid groups (broad SMARTS) is 1. The zero-order valence-electron chi connectivity index (χ0n) is 12.0. The lowest BCUT2D eigenvalue weighted by atomic mass is 10.1. The Labute approximate surface area is 123 Å². The fraction of sp³-hybridized carbons (Fsp3) is 0.294. The minimum Gasteiger partial charge on any atom is -0.478 e. The van der Waals surface area contributed by atoms with Crippen molar-refractivity contribution >= 4 is 17.5 Å². The molecule has 0 saturated carbocycles. The molecule has 0 unspecified atom stereocenters. The molecule has 3 rings (SSSR count). The van der Waals surface area contributed by atoms with E-state index >= 15 is 0 Å². The normalized spacial score (nSPS) is 13.0. The zero-order chi connectivity index (χ0) is 14.8. The summed E-state index contributed by atoms with van der Waals surface area (Å²) in [5.74, 6) is -0.339. The second-order valence-electron chi connectivity index (χ2n) is 5.35. The summed E-state index contributed by atoms with van der Waals surface area (Å²) < 4.78 is 0. The van der Waals surface area contributed by atoms with Gasteiger partial charge in [0.05, 0.1) is 5.56 Å². The number of anilines is 2. The van der Waals surface area contributed by atoms with E-state index in [9.17, 15) is 4.79 Å². The zero-order valence-corrected chi connectivity index (χ0v) is 12.0. The van der Waals surface area contributed by atoms with Gasteiger partial charge in [0.25, 0.3) is 0 Å². The largest absolute Gasteiger partial charge is 0.478 e. The number of aromatic nitrogens is 1. The van der Waals surface area contributed by atoms with E-state index in [1.54, 1.807) is 12.1 Å². The molecule has 1 aromatic carbocycles. The number of benzene rings is 1. The molecule has 1 aliphatic rings. The average molecular weight is 282 g/mol. The number of nitrogens with zero attached hydrogens (tertiary/aromatic N) is 1. The van der Waals surface area contributed by atoms with Gasteiger partial charge in [-0.25, -0.2) is 9.78 Å². The number of aryl methyl sites for hydroxylation is 3. The predicted molar refractivity (Wildman–Crippen MR) is 82.3 cm³/mol. The van der Waals surface area contributed by atoms with Crippen LogP contribution in [0.4, 0.5) is 11.5 Å². The molecule has 108 valence electrons. The van der Waals surface area contributed by atoms with Crippen LogP contribution in [0.3, 0.4) is 0 Å². The number of nitrogens with one attached hydrogen (secondary N) is 1. The van der Waals surface area contributed by atoms with Crippen molar-refractivity contribution in [3.05, 3.63) is 52.7 Å². The first-order valence-corrected chi connectivity index (χ1v) is 7.29. The number of carboxylic acids is 1. The number of carbonyl (C=O) groups is 1. The molecule has 0 spiro atoms. The van der Waals surface area contributed by atoms with Crippen LogP contribution in [-0.4, -0.2) is 16.1 Å². The van der Waals surface area contributed by atoms with Crippen LogP contribution in [-0.2, 0) is 19.3 Å². The highest BCUT2D eigenvalue weighted by Crippen LogP contribution is 2.26. The number of fused-ring (bicyclic) bond motifs is 1. The van der Waals surface area contributed by atoms with Crippen molar-refractivity contribution in [2.24, 2.45) is 0 Å². The molecule has 1 aliphatic carbocycles. The number of hydrogen-bond donors (Lipinski definition) is 2. The molecule has 4 nitrogen and oxygen atoms in total. The Morgan fingerprint density at radius 3 is 2.81 bits per heavy atom. The summed E-state index contributed by atoms with van der Waals surface area (Å²) in [6.07, 6.45) is 4.20. The van der Waals surface area contributed by atoms with E-state index in [0.717, 1.165) is 24.2 Å². The van der Waals surface area contributed by atoms with Gasteiger partial charge in [0, 0.05) is 11.4 Å². The Bertz CT molecular complexity index is 695. The molecule has 1 aromatic heterocycles. The van der Waals surface area contributed by atoms with Crippen LogP contribution in [0.1, 0.15) is 40.5 Å². The van der Waals surface area contributed by atoms with Crippen molar-refractivity contribution in [1.82, 2.24) is 4.98 Å². The number of aromatic carboxylic acids is 1. The summed E-state index contributed by atoms with van der Waals surface area (Å²) in [7, 11) is 0. The van der Waals surface area contributed by atoms with E-state index in [0.29, 0.717) is 12.2 Å². The Balaban J connectivity index is 1.90. The topological polar surface area (TPSA) is 62.2 Å². The minimum atomic E-state index is -0.927. The summed E-state index contributed by atoms with van der Waals surface area (Å²) >= 11 is 0. The van der Waals surface area contributed by atoms with Gasteiger partial charge < -0.3 is 10.4 Å². The van der Waals surface area contributed by atoms with Crippen molar-refractivity contribution in [2.75, 3.05) is 5.32 Å². The third-order valence-corrected chi connectivity index (χ3v) is 3.86. The smallest absolute Gasteiger partial charge is 0.335 e. The van der Waals surface area contributed by atoms with E-state index in [4.69, 9.17) is 5.11 Å². The van der Waals surface area contributed by atoms with E-state index in [1.807, 2.05) is 13.0 Å². The quantitative estimate of drug-likeness (QED) is 0.899. The molecule has 0 saturated heterocycles. The molecule has 1 heterocycles. The standard InChI is InChI=1S/C17H18N2O2/c1-2-14-9-13(17(20)21)10-16(18-14)19-15-7-6-11-4-3-5-12(11)8-15/h6-10H,2-5H2,1H3,(H,18,19)(H,20,21). The monoisotopic (exact) mass is 282 g/mol. The van der Waals surface area contributed by atoms with Crippen LogP contribution < -0.4 is 5.32 Å². The molecular weight excluding hydrogens is 264 g/mol. The molecule has 2 aromatic rings. The van der Waals surface area contributed by atoms with E-state index in [2.05, 4.69) is 22.4 Å². The van der Waals surface area contributed by atoms with E-state index in [1.165, 1.54) is 17.5 Å². The third kappa shape index (κ3) is 2.89. The average Bonchev–Trinajstić information content (AvgIpc) is 2.94. The van der Waals surface area contributed by atoms with Gasteiger partial charge in [-0.1, -0.05) is 13.0 Å². The van der Waals surface area contributed by atoms with Gasteiger partial charge in [0.2, 0.25) is 0 Å². The highest BCUT2D eigenvalue weighted by molar-refractivity contribution is 5.88. The Hall–Kier alpha value is -2.36. The second-order valence-corrected chi connectivity index (χ2v) is 5.35. The third-order valence-electron chi connectivity index (χ3n) is 3.86. The van der Waals surface area contributed by atoms with Crippen molar-refractivity contribution in [3.8, 4) is 0 Å². The maximum atomic E-state index is 11.2. The lowest BCUT2D eigenvalue weighted by Gasteiger charge is -2.10. The van der Waals surface area contributed by atoms with Gasteiger partial charge in [-0.15, -0.1) is 0 Å². The van der Waals surface area contributed by atoms with Crippen LogP contribution in [0.5, 0.6) is 0 Å². The Kier molecular flexibility index (Phi) is 3.60. The van der Waals surface area contributed by atoms with Crippen LogP contribution in [0.15, 0.2) is 30.3 Å². The fourth-order valence-corrected chi connectivity index (χ4v) is 2.75. The molecule has 0 radical (unpaired) electrons. The summed E-state index contributed by atoms with van der Waals surface area (Å²) in [6.45, 7) is 1.97. The molecule has 2 N–H and O–H groups in total. The SMILES string of the molecule is CCc1cc(C(=O)O)cc(Nc2ccc3c(c2)CCC3)n1. The van der Waals surface area contributed by atoms with Crippen LogP contribution in [0.2, 0.25) is 0 Å². The molecule has 0 fully saturated rings. The van der Waals surface area contributed by atoms with Crippen molar-refractivity contribution < 1.29 is 9.90 Å². The molecule has 0 bridgehead atoms. The summed E-state index contributed by atoms with van der Waals surface area (Å²) in [4.78, 5) is 15.6. The molecule has 0 atom stereocenters. The highest BCUT2D eigenvalue weighted by Gasteiger charge is 2.12. The maximum absolute atomic E-state index is 11.2. The molecule has 0 aliphatic heterocycles. The van der Waals surface area contributed by atoms with Crippen LogP contribution in [0, 0.1) is 0 Å². The molecular formula is C17H18N2O2. The minimum absolute atomic E-state index is 0.269. The number of pyridine rings is 1. The lowest BCUT2D eigenvalue weighted by molar-refractivity contribution is 0.0696.